The van der Waals surface area contributed by atoms with E-state index in [9.17, 15) is 9.18 Å². The van der Waals surface area contributed by atoms with Crippen LogP contribution in [0.25, 0.3) is 27.8 Å². The number of nitrogens with one attached hydrogen (secondary N) is 2. The molecule has 0 aliphatic heterocycles. The number of benzene rings is 1. The molecule has 3 heterocycles. The van der Waals surface area contributed by atoms with Crippen molar-refractivity contribution in [2.75, 3.05) is 12.4 Å². The summed E-state index contributed by atoms with van der Waals surface area (Å²) in [7, 11) is 1.52. The number of nitrogens with zero attached hydrogens (tertiary/aromatic N) is 4. The van der Waals surface area contributed by atoms with Crippen LogP contribution in [-0.2, 0) is 9.53 Å². The van der Waals surface area contributed by atoms with Crippen molar-refractivity contribution >= 4 is 39.9 Å². The summed E-state index contributed by atoms with van der Waals surface area (Å²) in [6.45, 7) is 3.86. The van der Waals surface area contributed by atoms with Gasteiger partial charge in [-0.3, -0.25) is 14.9 Å². The van der Waals surface area contributed by atoms with Crippen molar-refractivity contribution in [1.29, 1.82) is 0 Å². The zero-order valence-electron chi connectivity index (χ0n) is 18.1. The predicted octanol–water partition coefficient (Wildman–Crippen LogP) is 4.71. The maximum absolute atomic E-state index is 15.5. The van der Waals surface area contributed by atoms with Gasteiger partial charge < -0.3 is 14.5 Å². The molecule has 1 amide bonds. The molecule has 1 saturated carbocycles. The number of hydrogen-bond acceptors (Lipinski definition) is 5. The van der Waals surface area contributed by atoms with Gasteiger partial charge in [0.2, 0.25) is 5.91 Å². The highest BCUT2D eigenvalue weighted by molar-refractivity contribution is 6.35. The maximum Gasteiger partial charge on any atom is 0.231 e. The first-order valence-corrected chi connectivity index (χ1v) is 10.8. The van der Waals surface area contributed by atoms with Crippen molar-refractivity contribution in [2.45, 2.75) is 32.5 Å². The molecule has 4 aromatic rings. The van der Waals surface area contributed by atoms with Crippen LogP contribution in [0.2, 0.25) is 5.02 Å². The van der Waals surface area contributed by atoms with E-state index in [4.69, 9.17) is 16.3 Å². The molecule has 1 fully saturated rings. The van der Waals surface area contributed by atoms with Gasteiger partial charge in [-0.15, -0.1) is 0 Å². The fourth-order valence-electron chi connectivity index (χ4n) is 4.12. The van der Waals surface area contributed by atoms with Crippen LogP contribution >= 0.6 is 11.6 Å². The molecule has 0 bridgehead atoms. The zero-order chi connectivity index (χ0) is 23.4. The number of carbonyl (C=O) groups excluding carboxylic acids is 1. The van der Waals surface area contributed by atoms with Crippen LogP contribution in [0.5, 0.6) is 0 Å². The molecule has 0 radical (unpaired) electrons. The first kappa shape index (κ1) is 21.7. The van der Waals surface area contributed by atoms with Crippen molar-refractivity contribution in [3.63, 3.8) is 0 Å². The topological polar surface area (TPSA) is 97.2 Å². The van der Waals surface area contributed by atoms with E-state index >= 15 is 4.39 Å². The maximum atomic E-state index is 15.5. The van der Waals surface area contributed by atoms with E-state index in [-0.39, 0.29) is 23.2 Å². The fourth-order valence-corrected chi connectivity index (χ4v) is 4.42. The number of hydrogen-bond donors (Lipinski definition) is 2. The summed E-state index contributed by atoms with van der Waals surface area (Å²) in [5.74, 6) is -1.36. The molecule has 8 nitrogen and oxygen atoms in total. The van der Waals surface area contributed by atoms with E-state index in [1.165, 1.54) is 13.3 Å². The number of ether oxygens (including phenoxy) is 1. The minimum Gasteiger partial charge on any atom is -0.376 e. The lowest BCUT2D eigenvalue weighted by Gasteiger charge is -2.22. The second-order valence-corrected chi connectivity index (χ2v) is 8.87. The highest BCUT2D eigenvalue weighted by Crippen LogP contribution is 2.42. The number of aromatic amines is 1. The second-order valence-electron chi connectivity index (χ2n) is 8.49. The molecule has 1 aliphatic carbocycles. The molecule has 2 N–H and O–H groups in total. The van der Waals surface area contributed by atoms with Crippen molar-refractivity contribution in [1.82, 2.24) is 24.6 Å². The number of alkyl halides is 1. The average Bonchev–Trinajstić information content (AvgIpc) is 3.15. The van der Waals surface area contributed by atoms with E-state index in [0.717, 1.165) is 0 Å². The number of amides is 1. The minimum absolute atomic E-state index is 0.00436. The molecule has 172 valence electrons. The molecule has 3 atom stereocenters. The Bertz CT molecular complexity index is 1380. The molecule has 1 unspecified atom stereocenters. The molecule has 5 rings (SSSR count). The van der Waals surface area contributed by atoms with E-state index < -0.39 is 29.9 Å². The minimum atomic E-state index is -1.10. The number of methoxy groups -OCH3 is 1. The molecular weight excluding hydrogens is 454 g/mol. The highest BCUT2D eigenvalue weighted by Gasteiger charge is 2.43. The molecule has 1 aromatic carbocycles. The van der Waals surface area contributed by atoms with E-state index in [1.54, 1.807) is 23.0 Å². The number of aromatic nitrogens is 5. The smallest absolute Gasteiger partial charge is 0.231 e. The first-order valence-electron chi connectivity index (χ1n) is 10.5. The normalized spacial score (nSPS) is 18.9. The Morgan fingerprint density at radius 2 is 2.12 bits per heavy atom. The van der Waals surface area contributed by atoms with Gasteiger partial charge in [-0.2, -0.15) is 5.10 Å². The number of H-pyrrole nitrogens is 1. The Hall–Kier alpha value is -3.11. The second kappa shape index (κ2) is 8.03. The van der Waals surface area contributed by atoms with Crippen molar-refractivity contribution in [3.05, 3.63) is 41.2 Å². The Morgan fingerprint density at radius 3 is 2.79 bits per heavy atom. The molecule has 11 heteroatoms. The van der Waals surface area contributed by atoms with E-state index in [0.29, 0.717) is 33.4 Å². The molecule has 33 heavy (non-hydrogen) atoms. The number of carbonyl (C=O) groups is 1. The number of imidazole rings is 1. The quantitative estimate of drug-likeness (QED) is 0.422. The van der Waals surface area contributed by atoms with Gasteiger partial charge in [0.1, 0.15) is 12.0 Å². The van der Waals surface area contributed by atoms with Crippen LogP contribution in [0, 0.1) is 17.7 Å². The van der Waals surface area contributed by atoms with Gasteiger partial charge >= 0.3 is 0 Å². The molecule has 1 aliphatic rings. The summed E-state index contributed by atoms with van der Waals surface area (Å²) in [5, 5.41) is 10.1. The third-order valence-corrected chi connectivity index (χ3v) is 6.22. The van der Waals surface area contributed by atoms with Gasteiger partial charge in [0.25, 0.3) is 0 Å². The third-order valence-electron chi connectivity index (χ3n) is 5.87. The Morgan fingerprint density at radius 1 is 1.36 bits per heavy atom. The van der Waals surface area contributed by atoms with Crippen molar-refractivity contribution in [2.24, 2.45) is 11.8 Å². The van der Waals surface area contributed by atoms with Gasteiger partial charge in [0.15, 0.2) is 11.5 Å². The lowest BCUT2D eigenvalue weighted by molar-refractivity contribution is -0.117. The molecule has 0 saturated heterocycles. The SMILES string of the molecule is COC(c1c(F)c(Cl)c(-c2cn3cc(NC(=O)[C@@H]4C[C@@H]4F)nc3cn2)c2cn[nH]c12)C(C)C. The number of anilines is 1. The predicted molar refractivity (Wildman–Crippen MR) is 119 cm³/mol. The van der Waals surface area contributed by atoms with Crippen LogP contribution < -0.4 is 5.32 Å². The monoisotopic (exact) mass is 474 g/mol. The molecule has 3 aromatic heterocycles. The summed E-state index contributed by atoms with van der Waals surface area (Å²) in [6.07, 6.45) is 4.88. The summed E-state index contributed by atoms with van der Waals surface area (Å²) >= 11 is 6.53. The lowest BCUT2D eigenvalue weighted by atomic mass is 9.93. The van der Waals surface area contributed by atoms with Gasteiger partial charge in [0, 0.05) is 29.8 Å². The Balaban J connectivity index is 1.59. The van der Waals surface area contributed by atoms with Crippen LogP contribution in [0.15, 0.2) is 24.8 Å². The fraction of sp³-hybridized carbons (Fsp3) is 0.364. The first-order chi connectivity index (χ1) is 15.8. The average molecular weight is 475 g/mol. The van der Waals surface area contributed by atoms with Gasteiger partial charge in [0.05, 0.1) is 46.8 Å². The third kappa shape index (κ3) is 3.63. The Kier molecular flexibility index (Phi) is 5.29. The number of fused-ring (bicyclic) bond motifs is 2. The summed E-state index contributed by atoms with van der Waals surface area (Å²) in [6, 6.07) is 0. The van der Waals surface area contributed by atoms with Crippen LogP contribution in [0.3, 0.4) is 0 Å². The van der Waals surface area contributed by atoms with Gasteiger partial charge in [-0.05, 0) is 12.3 Å². The number of rotatable bonds is 6. The zero-order valence-corrected chi connectivity index (χ0v) is 18.8. The van der Waals surface area contributed by atoms with Crippen molar-refractivity contribution in [3.8, 4) is 11.3 Å². The molecule has 0 spiro atoms. The van der Waals surface area contributed by atoms with Crippen LogP contribution in [0.1, 0.15) is 31.9 Å². The van der Waals surface area contributed by atoms with Gasteiger partial charge in [-0.25, -0.2) is 13.8 Å². The van der Waals surface area contributed by atoms with Crippen LogP contribution in [-0.4, -0.2) is 43.8 Å². The number of halogens is 3. The Labute approximate surface area is 192 Å². The molecular formula is C22H21ClF2N6O2. The van der Waals surface area contributed by atoms with Crippen molar-refractivity contribution < 1.29 is 18.3 Å². The summed E-state index contributed by atoms with van der Waals surface area (Å²) in [4.78, 5) is 20.7. The summed E-state index contributed by atoms with van der Waals surface area (Å²) < 4.78 is 35.9. The van der Waals surface area contributed by atoms with E-state index in [2.05, 4.69) is 25.5 Å². The van der Waals surface area contributed by atoms with Gasteiger partial charge in [-0.1, -0.05) is 25.4 Å². The van der Waals surface area contributed by atoms with E-state index in [1.807, 2.05) is 13.8 Å². The largest absolute Gasteiger partial charge is 0.376 e. The standard InChI is InChI=1S/C22H21ClF2N6O2/c1-9(2)21(33-3)17-19(25)18(23)16(11-5-27-30-20(11)17)13-7-31-8-14(28-15(31)6-26-13)29-22(32)10-4-12(10)24/h5-10,12,21H,4H2,1-3H3,(H,27,30)(H,29,32)/t10-,12+,21?/m1/s1. The lowest BCUT2D eigenvalue weighted by Crippen LogP contribution is -2.15. The highest BCUT2D eigenvalue weighted by atomic mass is 35.5. The summed E-state index contributed by atoms with van der Waals surface area (Å²) in [5.41, 5.74) is 2.02. The van der Waals surface area contributed by atoms with Crippen LogP contribution in [0.4, 0.5) is 14.6 Å².